The minimum absolute atomic E-state index is 0.187. The number of methoxy groups -OCH3 is 2. The Morgan fingerprint density at radius 3 is 2.62 bits per heavy atom. The van der Waals surface area contributed by atoms with Gasteiger partial charge >= 0.3 is 0 Å². The van der Waals surface area contributed by atoms with Crippen LogP contribution in [0.1, 0.15) is 33.3 Å². The van der Waals surface area contributed by atoms with Gasteiger partial charge in [0.1, 0.15) is 23.9 Å². The minimum atomic E-state index is -0.558. The SMILES string of the molecule is COc1ccc(OC)c(C2CC(c3ccccc3F)=NN2C(=O)CN(C)C(=O)c2cccs2)c1. The van der Waals surface area contributed by atoms with Gasteiger partial charge in [0, 0.05) is 24.6 Å². The van der Waals surface area contributed by atoms with Gasteiger partial charge in [-0.2, -0.15) is 5.10 Å². The number of benzene rings is 2. The molecular formula is C25H24FN3O4S. The van der Waals surface area contributed by atoms with Gasteiger partial charge in [0.05, 0.1) is 30.9 Å². The Bertz CT molecular complexity index is 1230. The Kier molecular flexibility index (Phi) is 6.93. The van der Waals surface area contributed by atoms with E-state index >= 15 is 0 Å². The summed E-state index contributed by atoms with van der Waals surface area (Å²) in [6.07, 6.45) is 0.277. The number of amides is 2. The molecule has 4 rings (SSSR count). The van der Waals surface area contributed by atoms with E-state index in [1.807, 2.05) is 0 Å². The second-order valence-corrected chi connectivity index (χ2v) is 8.68. The lowest BCUT2D eigenvalue weighted by molar-refractivity contribution is -0.133. The van der Waals surface area contributed by atoms with Crippen LogP contribution in [0.3, 0.4) is 0 Å². The Balaban J connectivity index is 1.69. The van der Waals surface area contributed by atoms with Gasteiger partial charge in [0.25, 0.3) is 11.8 Å². The number of ether oxygens (including phenoxy) is 2. The summed E-state index contributed by atoms with van der Waals surface area (Å²) in [5, 5.41) is 7.63. The molecule has 1 aliphatic heterocycles. The lowest BCUT2D eigenvalue weighted by Crippen LogP contribution is -2.39. The molecule has 7 nitrogen and oxygen atoms in total. The van der Waals surface area contributed by atoms with Crippen LogP contribution >= 0.6 is 11.3 Å². The van der Waals surface area contributed by atoms with Crippen LogP contribution in [-0.2, 0) is 4.79 Å². The van der Waals surface area contributed by atoms with Crippen LogP contribution < -0.4 is 9.47 Å². The summed E-state index contributed by atoms with van der Waals surface area (Å²) in [5.41, 5.74) is 1.44. The topological polar surface area (TPSA) is 71.4 Å². The number of hydrogen-bond acceptors (Lipinski definition) is 6. The molecule has 1 aliphatic rings. The van der Waals surface area contributed by atoms with E-state index in [1.165, 1.54) is 27.3 Å². The normalized spacial score (nSPS) is 15.1. The number of likely N-dealkylation sites (N-methyl/N-ethyl adjacent to an activating group) is 1. The van der Waals surface area contributed by atoms with Crippen LogP contribution in [0, 0.1) is 5.82 Å². The van der Waals surface area contributed by atoms with Gasteiger partial charge in [0.15, 0.2) is 0 Å². The van der Waals surface area contributed by atoms with Crippen LogP contribution in [0.15, 0.2) is 65.1 Å². The maximum absolute atomic E-state index is 14.6. The van der Waals surface area contributed by atoms with Crippen molar-refractivity contribution in [3.63, 3.8) is 0 Å². The van der Waals surface area contributed by atoms with Gasteiger partial charge in [0.2, 0.25) is 0 Å². The molecule has 9 heteroatoms. The van der Waals surface area contributed by atoms with Gasteiger partial charge in [-0.25, -0.2) is 9.40 Å². The fourth-order valence-corrected chi connectivity index (χ4v) is 4.59. The summed E-state index contributed by atoms with van der Waals surface area (Å²) in [7, 11) is 4.66. The molecular weight excluding hydrogens is 457 g/mol. The maximum Gasteiger partial charge on any atom is 0.264 e. The zero-order valence-corrected chi connectivity index (χ0v) is 19.8. The molecule has 2 amide bonds. The predicted molar refractivity (Wildman–Crippen MR) is 128 cm³/mol. The molecule has 1 aromatic heterocycles. The second-order valence-electron chi connectivity index (χ2n) is 7.73. The summed E-state index contributed by atoms with van der Waals surface area (Å²) in [5.74, 6) is 0.0750. The highest BCUT2D eigenvalue weighted by Crippen LogP contribution is 2.39. The average molecular weight is 482 g/mol. The number of hydrogen-bond donors (Lipinski definition) is 0. The first-order valence-electron chi connectivity index (χ1n) is 10.6. The van der Waals surface area contributed by atoms with E-state index in [9.17, 15) is 14.0 Å². The number of nitrogens with zero attached hydrogens (tertiary/aromatic N) is 3. The number of hydrazone groups is 1. The van der Waals surface area contributed by atoms with E-state index in [-0.39, 0.29) is 18.9 Å². The maximum atomic E-state index is 14.6. The molecule has 2 aromatic carbocycles. The van der Waals surface area contributed by atoms with Crippen LogP contribution in [-0.4, -0.2) is 55.2 Å². The lowest BCUT2D eigenvalue weighted by atomic mass is 9.97. The third kappa shape index (κ3) is 4.65. The van der Waals surface area contributed by atoms with E-state index < -0.39 is 17.8 Å². The van der Waals surface area contributed by atoms with Crippen molar-refractivity contribution in [3.05, 3.63) is 81.8 Å². The quantitative estimate of drug-likeness (QED) is 0.503. The van der Waals surface area contributed by atoms with Crippen molar-refractivity contribution in [3.8, 4) is 11.5 Å². The zero-order valence-electron chi connectivity index (χ0n) is 19.0. The number of thiophene rings is 1. The van der Waals surface area contributed by atoms with Crippen LogP contribution in [0.2, 0.25) is 0 Å². The summed E-state index contributed by atoms with van der Waals surface area (Å²) < 4.78 is 25.5. The van der Waals surface area contributed by atoms with Gasteiger partial charge in [-0.3, -0.25) is 9.59 Å². The van der Waals surface area contributed by atoms with E-state index in [0.717, 1.165) is 0 Å². The van der Waals surface area contributed by atoms with Gasteiger partial charge in [-0.15, -0.1) is 11.3 Å². The summed E-state index contributed by atoms with van der Waals surface area (Å²) in [6.45, 7) is -0.187. The van der Waals surface area contributed by atoms with Crippen molar-refractivity contribution in [2.75, 3.05) is 27.8 Å². The lowest BCUT2D eigenvalue weighted by Gasteiger charge is -2.26. The van der Waals surface area contributed by atoms with Gasteiger partial charge in [-0.05, 0) is 35.7 Å². The smallest absolute Gasteiger partial charge is 0.264 e. The van der Waals surface area contributed by atoms with Crippen LogP contribution in [0.4, 0.5) is 4.39 Å². The third-order valence-corrected chi connectivity index (χ3v) is 6.46. The van der Waals surface area contributed by atoms with Crippen molar-refractivity contribution < 1.29 is 23.5 Å². The number of carbonyl (C=O) groups excluding carboxylic acids is 2. The molecule has 0 fully saturated rings. The fourth-order valence-electron chi connectivity index (χ4n) is 3.88. The standard InChI is InChI=1S/C25H24FN3O4S/c1-28(25(31)23-9-6-12-34-23)15-24(30)29-21(18-13-16(32-2)10-11-22(18)33-3)14-20(27-29)17-7-4-5-8-19(17)26/h4-13,21H,14-15H2,1-3H3. The Hall–Kier alpha value is -3.72. The summed E-state index contributed by atoms with van der Waals surface area (Å²) >= 11 is 1.31. The molecule has 2 heterocycles. The molecule has 3 aromatic rings. The first kappa shape index (κ1) is 23.4. The van der Waals surface area contributed by atoms with Crippen LogP contribution in [0.25, 0.3) is 0 Å². The number of rotatable bonds is 7. The highest BCUT2D eigenvalue weighted by molar-refractivity contribution is 7.12. The van der Waals surface area contributed by atoms with Gasteiger partial charge in [-0.1, -0.05) is 24.3 Å². The highest BCUT2D eigenvalue weighted by atomic mass is 32.1. The predicted octanol–water partition coefficient (Wildman–Crippen LogP) is 4.35. The Morgan fingerprint density at radius 1 is 1.15 bits per heavy atom. The molecule has 0 aliphatic carbocycles. The molecule has 0 bridgehead atoms. The van der Waals surface area contributed by atoms with Crippen molar-refractivity contribution in [1.82, 2.24) is 9.91 Å². The molecule has 176 valence electrons. The van der Waals surface area contributed by atoms with E-state index in [1.54, 1.807) is 75.2 Å². The Morgan fingerprint density at radius 2 is 1.94 bits per heavy atom. The first-order chi connectivity index (χ1) is 16.4. The van der Waals surface area contributed by atoms with E-state index in [0.29, 0.717) is 33.2 Å². The third-order valence-electron chi connectivity index (χ3n) is 5.60. The molecule has 0 spiro atoms. The van der Waals surface area contributed by atoms with Crippen molar-refractivity contribution in [2.45, 2.75) is 12.5 Å². The molecule has 0 saturated carbocycles. The van der Waals surface area contributed by atoms with E-state index in [2.05, 4.69) is 5.10 Å². The van der Waals surface area contributed by atoms with Crippen molar-refractivity contribution in [2.24, 2.45) is 5.10 Å². The summed E-state index contributed by atoms with van der Waals surface area (Å²) in [4.78, 5) is 27.9. The van der Waals surface area contributed by atoms with Crippen LogP contribution in [0.5, 0.6) is 11.5 Å². The molecule has 34 heavy (non-hydrogen) atoms. The average Bonchev–Trinajstić information content (AvgIpc) is 3.54. The van der Waals surface area contributed by atoms with Crippen molar-refractivity contribution >= 4 is 28.9 Å². The summed E-state index contributed by atoms with van der Waals surface area (Å²) in [6, 6.07) is 14.5. The minimum Gasteiger partial charge on any atom is -0.497 e. The zero-order chi connectivity index (χ0) is 24.2. The molecule has 0 saturated heterocycles. The molecule has 0 N–H and O–H groups in total. The number of halogens is 1. The first-order valence-corrected chi connectivity index (χ1v) is 11.5. The largest absolute Gasteiger partial charge is 0.497 e. The van der Waals surface area contributed by atoms with Crippen molar-refractivity contribution in [1.29, 1.82) is 0 Å². The molecule has 1 unspecified atom stereocenters. The Labute approximate surface area is 201 Å². The van der Waals surface area contributed by atoms with Gasteiger partial charge < -0.3 is 14.4 Å². The highest BCUT2D eigenvalue weighted by Gasteiger charge is 2.36. The number of carbonyl (C=O) groups is 2. The van der Waals surface area contributed by atoms with E-state index in [4.69, 9.17) is 9.47 Å². The molecule has 1 atom stereocenters. The second kappa shape index (κ2) is 10.0. The molecule has 0 radical (unpaired) electrons. The fraction of sp³-hybridized carbons (Fsp3) is 0.240. The monoisotopic (exact) mass is 481 g/mol.